The maximum Gasteiger partial charge on any atom is 0.309 e. The van der Waals surface area contributed by atoms with E-state index in [1.165, 1.54) is 0 Å². The van der Waals surface area contributed by atoms with E-state index in [4.69, 9.17) is 4.74 Å². The molecule has 1 aliphatic rings. The van der Waals surface area contributed by atoms with Crippen LogP contribution < -0.4 is 5.56 Å². The maximum atomic E-state index is 13.4. The van der Waals surface area contributed by atoms with E-state index in [2.05, 4.69) is 44.5 Å². The van der Waals surface area contributed by atoms with Crippen molar-refractivity contribution in [2.45, 2.75) is 66.0 Å². The summed E-state index contributed by atoms with van der Waals surface area (Å²) in [7, 11) is 0. The molecule has 1 aromatic carbocycles. The number of fused-ring (bicyclic) bond motifs is 1. The molecule has 1 fully saturated rings. The van der Waals surface area contributed by atoms with Crippen LogP contribution in [0.15, 0.2) is 23.0 Å². The maximum absolute atomic E-state index is 13.4. The number of tetrazole rings is 1. The molecule has 3 aromatic rings. The number of rotatable bonds is 5. The van der Waals surface area contributed by atoms with Crippen molar-refractivity contribution in [3.05, 3.63) is 51.1 Å². The number of benzene rings is 1. The van der Waals surface area contributed by atoms with Gasteiger partial charge in [0.1, 0.15) is 6.04 Å². The number of carbonyl (C=O) groups excluding carboxylic acids is 1. The molecule has 0 spiro atoms. The average molecular weight is 467 g/mol. The Hall–Kier alpha value is -3.07. The van der Waals surface area contributed by atoms with Crippen LogP contribution in [0.1, 0.15) is 69.1 Å². The van der Waals surface area contributed by atoms with Crippen LogP contribution in [0.25, 0.3) is 10.9 Å². The van der Waals surface area contributed by atoms with Crippen LogP contribution in [0.3, 0.4) is 0 Å². The molecule has 0 bridgehead atoms. The predicted molar refractivity (Wildman–Crippen MR) is 130 cm³/mol. The number of nitrogens with zero attached hydrogens (tertiary/aromatic N) is 5. The zero-order valence-corrected chi connectivity index (χ0v) is 20.9. The molecule has 3 heterocycles. The molecule has 0 aliphatic carbocycles. The molecular formula is C25H34N6O3. The largest absolute Gasteiger partial charge is 0.466 e. The number of hydrogen-bond donors (Lipinski definition) is 1. The molecule has 1 saturated heterocycles. The minimum Gasteiger partial charge on any atom is -0.466 e. The molecule has 0 unspecified atom stereocenters. The number of aromatic amines is 1. The standard InChI is InChI=1S/C25H34N6O3/c1-7-34-24(33)17-8-10-30(11-9-17)21(22-27-28-29-31(22)25(4,5)6)19-14-18-13-15(2)12-16(3)20(18)26-23(19)32/h12-14,17,21H,7-11H2,1-6H3,(H,26,32)/t21-/m1/s1. The molecular weight excluding hydrogens is 432 g/mol. The van der Waals surface area contributed by atoms with Crippen molar-refractivity contribution in [1.29, 1.82) is 0 Å². The number of aryl methyl sites for hydroxylation is 2. The van der Waals surface area contributed by atoms with E-state index in [1.54, 1.807) is 4.68 Å². The summed E-state index contributed by atoms with van der Waals surface area (Å²) in [6.07, 6.45) is 1.33. The highest BCUT2D eigenvalue weighted by Gasteiger charge is 2.36. The van der Waals surface area contributed by atoms with Gasteiger partial charge in [-0.05, 0) is 87.9 Å². The number of carbonyl (C=O) groups is 1. The Morgan fingerprint density at radius 3 is 2.56 bits per heavy atom. The summed E-state index contributed by atoms with van der Waals surface area (Å²) in [4.78, 5) is 31.0. The van der Waals surface area contributed by atoms with E-state index in [0.29, 0.717) is 43.9 Å². The van der Waals surface area contributed by atoms with Crippen molar-refractivity contribution in [2.75, 3.05) is 19.7 Å². The lowest BCUT2D eigenvalue weighted by Crippen LogP contribution is -2.43. The number of esters is 1. The number of likely N-dealkylation sites (tertiary alicyclic amines) is 1. The monoisotopic (exact) mass is 466 g/mol. The first kappa shape index (κ1) is 24.1. The van der Waals surface area contributed by atoms with E-state index < -0.39 is 6.04 Å². The minimum absolute atomic E-state index is 0.129. The van der Waals surface area contributed by atoms with Gasteiger partial charge in [0.2, 0.25) is 0 Å². The average Bonchev–Trinajstić information content (AvgIpc) is 3.26. The summed E-state index contributed by atoms with van der Waals surface area (Å²) in [5.41, 5.74) is 3.10. The third kappa shape index (κ3) is 4.61. The van der Waals surface area contributed by atoms with Crippen LogP contribution in [0.4, 0.5) is 0 Å². The van der Waals surface area contributed by atoms with E-state index in [0.717, 1.165) is 22.0 Å². The van der Waals surface area contributed by atoms with Gasteiger partial charge in [-0.1, -0.05) is 11.6 Å². The summed E-state index contributed by atoms with van der Waals surface area (Å²) < 4.78 is 7.03. The van der Waals surface area contributed by atoms with Gasteiger partial charge in [-0.3, -0.25) is 14.5 Å². The molecule has 182 valence electrons. The molecule has 1 atom stereocenters. The number of H-pyrrole nitrogens is 1. The number of piperidine rings is 1. The summed E-state index contributed by atoms with van der Waals surface area (Å²) in [6, 6.07) is 5.68. The first-order chi connectivity index (χ1) is 16.1. The zero-order valence-electron chi connectivity index (χ0n) is 20.9. The minimum atomic E-state index is -0.439. The highest BCUT2D eigenvalue weighted by Crippen LogP contribution is 2.33. The van der Waals surface area contributed by atoms with Crippen LogP contribution in [0.5, 0.6) is 0 Å². The summed E-state index contributed by atoms with van der Waals surface area (Å²) in [5.74, 6) is 0.347. The van der Waals surface area contributed by atoms with Gasteiger partial charge < -0.3 is 9.72 Å². The first-order valence-corrected chi connectivity index (χ1v) is 11.9. The topological polar surface area (TPSA) is 106 Å². The van der Waals surface area contributed by atoms with Gasteiger partial charge in [0.05, 0.1) is 23.6 Å². The molecule has 4 rings (SSSR count). The summed E-state index contributed by atoms with van der Waals surface area (Å²) in [5, 5.41) is 13.6. The van der Waals surface area contributed by atoms with Crippen molar-refractivity contribution in [1.82, 2.24) is 30.1 Å². The fourth-order valence-electron chi connectivity index (χ4n) is 4.90. The Labute approximate surface area is 199 Å². The second-order valence-electron chi connectivity index (χ2n) is 10.2. The number of pyridine rings is 1. The van der Waals surface area contributed by atoms with Crippen LogP contribution >= 0.6 is 0 Å². The molecule has 2 aromatic heterocycles. The van der Waals surface area contributed by atoms with Crippen LogP contribution in [0.2, 0.25) is 0 Å². The van der Waals surface area contributed by atoms with Gasteiger partial charge in [-0.15, -0.1) is 5.10 Å². The Bertz CT molecular complexity index is 1250. The number of ether oxygens (including phenoxy) is 1. The van der Waals surface area contributed by atoms with Gasteiger partial charge in [0.25, 0.3) is 5.56 Å². The van der Waals surface area contributed by atoms with Crippen LogP contribution in [0, 0.1) is 19.8 Å². The van der Waals surface area contributed by atoms with Gasteiger partial charge in [-0.2, -0.15) is 0 Å². The van der Waals surface area contributed by atoms with Crippen LogP contribution in [-0.2, 0) is 15.1 Å². The molecule has 0 saturated carbocycles. The number of hydrogen-bond acceptors (Lipinski definition) is 7. The zero-order chi connectivity index (χ0) is 24.6. The summed E-state index contributed by atoms with van der Waals surface area (Å²) in [6.45, 7) is 13.6. The molecule has 1 aliphatic heterocycles. The van der Waals surface area contributed by atoms with Gasteiger partial charge in [0.15, 0.2) is 5.82 Å². The molecule has 9 nitrogen and oxygen atoms in total. The lowest BCUT2D eigenvalue weighted by Gasteiger charge is -2.37. The van der Waals surface area contributed by atoms with Gasteiger partial charge in [0, 0.05) is 18.7 Å². The summed E-state index contributed by atoms with van der Waals surface area (Å²) >= 11 is 0. The molecule has 0 radical (unpaired) electrons. The van der Waals surface area contributed by atoms with Gasteiger partial charge in [-0.25, -0.2) is 4.68 Å². The molecule has 9 heteroatoms. The fourth-order valence-corrected chi connectivity index (χ4v) is 4.90. The van der Waals surface area contributed by atoms with E-state index >= 15 is 0 Å². The second-order valence-corrected chi connectivity index (χ2v) is 10.2. The quantitative estimate of drug-likeness (QED) is 0.575. The number of aromatic nitrogens is 5. The highest BCUT2D eigenvalue weighted by atomic mass is 16.5. The lowest BCUT2D eigenvalue weighted by atomic mass is 9.93. The second kappa shape index (κ2) is 9.29. The predicted octanol–water partition coefficient (Wildman–Crippen LogP) is 3.25. The van der Waals surface area contributed by atoms with Crippen LogP contribution in [-0.4, -0.2) is 55.8 Å². The Morgan fingerprint density at radius 2 is 1.91 bits per heavy atom. The Morgan fingerprint density at radius 1 is 1.21 bits per heavy atom. The highest BCUT2D eigenvalue weighted by molar-refractivity contribution is 5.83. The van der Waals surface area contributed by atoms with E-state index in [-0.39, 0.29) is 23.0 Å². The third-order valence-corrected chi connectivity index (χ3v) is 6.50. The SMILES string of the molecule is CCOC(=O)C1CCN([C@H](c2cc3cc(C)cc(C)c3[nH]c2=O)c2nnnn2C(C)(C)C)CC1. The van der Waals surface area contributed by atoms with Crippen molar-refractivity contribution < 1.29 is 9.53 Å². The van der Waals surface area contributed by atoms with Crippen molar-refractivity contribution in [3.63, 3.8) is 0 Å². The normalized spacial score (nSPS) is 16.6. The fraction of sp³-hybridized carbons (Fsp3) is 0.560. The molecule has 34 heavy (non-hydrogen) atoms. The first-order valence-electron chi connectivity index (χ1n) is 11.9. The number of nitrogens with one attached hydrogen (secondary N) is 1. The molecule has 0 amide bonds. The van der Waals surface area contributed by atoms with E-state index in [9.17, 15) is 9.59 Å². The van der Waals surface area contributed by atoms with Crippen molar-refractivity contribution in [3.8, 4) is 0 Å². The molecule has 1 N–H and O–H groups in total. The van der Waals surface area contributed by atoms with Gasteiger partial charge >= 0.3 is 5.97 Å². The Kier molecular flexibility index (Phi) is 6.58. The Balaban J connectivity index is 1.81. The third-order valence-electron chi connectivity index (χ3n) is 6.50. The lowest BCUT2D eigenvalue weighted by molar-refractivity contribution is -0.149. The van der Waals surface area contributed by atoms with Crippen molar-refractivity contribution in [2.24, 2.45) is 5.92 Å². The van der Waals surface area contributed by atoms with Crippen molar-refractivity contribution >= 4 is 16.9 Å². The smallest absolute Gasteiger partial charge is 0.309 e. The van der Waals surface area contributed by atoms with E-state index in [1.807, 2.05) is 40.7 Å².